The summed E-state index contributed by atoms with van der Waals surface area (Å²) in [6.07, 6.45) is 5.44. The lowest BCUT2D eigenvalue weighted by atomic mass is 10.1. The maximum absolute atomic E-state index is 12.5. The van der Waals surface area contributed by atoms with Gasteiger partial charge in [-0.2, -0.15) is 5.26 Å². The normalized spacial score (nSPS) is 20.8. The quantitative estimate of drug-likeness (QED) is 0.641. The van der Waals surface area contributed by atoms with Crippen molar-refractivity contribution in [2.75, 3.05) is 20.1 Å². The number of nitriles is 1. The van der Waals surface area contributed by atoms with E-state index >= 15 is 0 Å². The molecule has 3 rings (SSSR count). The van der Waals surface area contributed by atoms with Gasteiger partial charge in [-0.05, 0) is 37.0 Å². The maximum atomic E-state index is 12.5. The van der Waals surface area contributed by atoms with Crippen LogP contribution >= 0.6 is 0 Å². The minimum Gasteiger partial charge on any atom is -0.352 e. The Labute approximate surface area is 155 Å². The van der Waals surface area contributed by atoms with Crippen LogP contribution in [0.2, 0.25) is 0 Å². The van der Waals surface area contributed by atoms with Crippen LogP contribution in [-0.2, 0) is 11.3 Å². The predicted molar refractivity (Wildman–Crippen MR) is 101 cm³/mol. The first-order valence-electron chi connectivity index (χ1n) is 9.44. The number of guanidine groups is 1. The molecule has 6 nitrogen and oxygen atoms in total. The fourth-order valence-electron chi connectivity index (χ4n) is 3.83. The van der Waals surface area contributed by atoms with Gasteiger partial charge in [0.15, 0.2) is 5.96 Å². The Morgan fingerprint density at radius 2 is 2.15 bits per heavy atom. The molecule has 1 aliphatic heterocycles. The predicted octanol–water partition coefficient (Wildman–Crippen LogP) is 2.01. The third-order valence-corrected chi connectivity index (χ3v) is 5.28. The van der Waals surface area contributed by atoms with Crippen molar-refractivity contribution in [3.8, 4) is 6.07 Å². The average molecular weight is 353 g/mol. The molecule has 1 amide bonds. The molecule has 1 aromatic rings. The molecule has 0 radical (unpaired) electrons. The SMILES string of the molecule is CN=C(NCc1cccc(C#N)c1)NC1CCN(C(=O)C2CCCC2)C1. The van der Waals surface area contributed by atoms with Crippen LogP contribution in [-0.4, -0.2) is 42.9 Å². The van der Waals surface area contributed by atoms with Gasteiger partial charge in [-0.15, -0.1) is 0 Å². The van der Waals surface area contributed by atoms with Crippen molar-refractivity contribution in [2.24, 2.45) is 10.9 Å². The molecule has 1 saturated carbocycles. The zero-order valence-electron chi connectivity index (χ0n) is 15.4. The number of nitrogens with zero attached hydrogens (tertiary/aromatic N) is 3. The molecule has 2 fully saturated rings. The molecule has 0 spiro atoms. The van der Waals surface area contributed by atoms with Crippen LogP contribution in [0.3, 0.4) is 0 Å². The molecule has 2 N–H and O–H groups in total. The van der Waals surface area contributed by atoms with E-state index in [2.05, 4.69) is 21.7 Å². The lowest BCUT2D eigenvalue weighted by Crippen LogP contribution is -2.45. The molecular formula is C20H27N5O. The fourth-order valence-corrected chi connectivity index (χ4v) is 3.83. The van der Waals surface area contributed by atoms with Crippen molar-refractivity contribution < 1.29 is 4.79 Å². The van der Waals surface area contributed by atoms with Crippen LogP contribution in [0.4, 0.5) is 0 Å². The van der Waals surface area contributed by atoms with Gasteiger partial charge in [-0.1, -0.05) is 25.0 Å². The standard InChI is InChI=1S/C20H27N5O/c1-22-20(23-13-16-6-4-5-15(11-16)12-21)24-18-9-10-25(14-18)19(26)17-7-2-3-8-17/h4-6,11,17-18H,2-3,7-10,13-14H2,1H3,(H2,22,23,24). The first kappa shape index (κ1) is 18.2. The van der Waals surface area contributed by atoms with E-state index in [-0.39, 0.29) is 12.0 Å². The number of hydrogen-bond acceptors (Lipinski definition) is 3. The van der Waals surface area contributed by atoms with Crippen LogP contribution in [0.5, 0.6) is 0 Å². The van der Waals surface area contributed by atoms with Crippen LogP contribution in [0.25, 0.3) is 0 Å². The van der Waals surface area contributed by atoms with Gasteiger partial charge < -0.3 is 15.5 Å². The molecule has 1 heterocycles. The summed E-state index contributed by atoms with van der Waals surface area (Å²) < 4.78 is 0. The Morgan fingerprint density at radius 1 is 1.35 bits per heavy atom. The lowest BCUT2D eigenvalue weighted by Gasteiger charge is -2.21. The van der Waals surface area contributed by atoms with E-state index in [1.807, 2.05) is 23.1 Å². The van der Waals surface area contributed by atoms with Gasteiger partial charge >= 0.3 is 0 Å². The van der Waals surface area contributed by atoms with E-state index in [4.69, 9.17) is 5.26 Å². The van der Waals surface area contributed by atoms with Gasteiger partial charge in [0.25, 0.3) is 0 Å². The topological polar surface area (TPSA) is 80.5 Å². The summed E-state index contributed by atoms with van der Waals surface area (Å²) in [5, 5.41) is 15.7. The molecule has 1 aliphatic carbocycles. The second kappa shape index (κ2) is 8.70. The van der Waals surface area contributed by atoms with Gasteiger partial charge in [0.1, 0.15) is 0 Å². The molecule has 1 atom stereocenters. The Hall–Kier alpha value is -2.55. The second-order valence-electron chi connectivity index (χ2n) is 7.13. The minimum atomic E-state index is 0.233. The molecule has 0 aromatic heterocycles. The van der Waals surface area contributed by atoms with E-state index in [1.165, 1.54) is 12.8 Å². The van der Waals surface area contributed by atoms with E-state index < -0.39 is 0 Å². The van der Waals surface area contributed by atoms with Crippen molar-refractivity contribution in [3.05, 3.63) is 35.4 Å². The monoisotopic (exact) mass is 353 g/mol. The van der Waals surface area contributed by atoms with Crippen LogP contribution in [0.15, 0.2) is 29.3 Å². The summed E-state index contributed by atoms with van der Waals surface area (Å²) >= 11 is 0. The lowest BCUT2D eigenvalue weighted by molar-refractivity contribution is -0.134. The molecule has 6 heteroatoms. The molecule has 1 unspecified atom stereocenters. The van der Waals surface area contributed by atoms with Gasteiger partial charge in [0.2, 0.25) is 5.91 Å². The van der Waals surface area contributed by atoms with Gasteiger partial charge in [0.05, 0.1) is 11.6 Å². The smallest absolute Gasteiger partial charge is 0.225 e. The Balaban J connectivity index is 1.48. The number of aliphatic imine (C=N–C) groups is 1. The summed E-state index contributed by atoms with van der Waals surface area (Å²) in [5.74, 6) is 1.31. The highest BCUT2D eigenvalue weighted by molar-refractivity contribution is 5.81. The molecule has 1 aromatic carbocycles. The highest BCUT2D eigenvalue weighted by atomic mass is 16.2. The Morgan fingerprint density at radius 3 is 2.88 bits per heavy atom. The van der Waals surface area contributed by atoms with Crippen LogP contribution in [0.1, 0.15) is 43.2 Å². The Kier molecular flexibility index (Phi) is 6.11. The molecular weight excluding hydrogens is 326 g/mol. The summed E-state index contributed by atoms with van der Waals surface area (Å²) in [6.45, 7) is 2.18. The number of likely N-dealkylation sites (tertiary alicyclic amines) is 1. The van der Waals surface area contributed by atoms with Gasteiger partial charge in [0, 0.05) is 38.6 Å². The van der Waals surface area contributed by atoms with E-state index in [0.717, 1.165) is 43.9 Å². The Bertz CT molecular complexity index is 702. The summed E-state index contributed by atoms with van der Waals surface area (Å²) in [6, 6.07) is 9.93. The molecule has 138 valence electrons. The first-order valence-corrected chi connectivity index (χ1v) is 9.44. The number of amides is 1. The molecule has 26 heavy (non-hydrogen) atoms. The van der Waals surface area contributed by atoms with Crippen molar-refractivity contribution in [1.29, 1.82) is 5.26 Å². The summed E-state index contributed by atoms with van der Waals surface area (Å²) in [5.41, 5.74) is 1.69. The average Bonchev–Trinajstić information content (AvgIpc) is 3.36. The van der Waals surface area contributed by atoms with Crippen molar-refractivity contribution >= 4 is 11.9 Å². The van der Waals surface area contributed by atoms with Crippen molar-refractivity contribution in [3.63, 3.8) is 0 Å². The highest BCUT2D eigenvalue weighted by Crippen LogP contribution is 2.27. The molecule has 2 aliphatic rings. The number of carbonyl (C=O) groups excluding carboxylic acids is 1. The van der Waals surface area contributed by atoms with E-state index in [9.17, 15) is 4.79 Å². The summed E-state index contributed by atoms with van der Waals surface area (Å²) in [4.78, 5) is 18.8. The number of carbonyl (C=O) groups is 1. The van der Waals surface area contributed by atoms with E-state index in [1.54, 1.807) is 13.1 Å². The first-order chi connectivity index (χ1) is 12.7. The number of rotatable bonds is 4. The molecule has 0 bridgehead atoms. The zero-order valence-corrected chi connectivity index (χ0v) is 15.4. The highest BCUT2D eigenvalue weighted by Gasteiger charge is 2.32. The number of hydrogen-bond donors (Lipinski definition) is 2. The van der Waals surface area contributed by atoms with Crippen molar-refractivity contribution in [1.82, 2.24) is 15.5 Å². The second-order valence-corrected chi connectivity index (χ2v) is 7.13. The van der Waals surface area contributed by atoms with Crippen LogP contribution in [0, 0.1) is 17.2 Å². The third-order valence-electron chi connectivity index (χ3n) is 5.28. The summed E-state index contributed by atoms with van der Waals surface area (Å²) in [7, 11) is 1.75. The van der Waals surface area contributed by atoms with Gasteiger partial charge in [-0.3, -0.25) is 9.79 Å². The van der Waals surface area contributed by atoms with Crippen molar-refractivity contribution in [2.45, 2.75) is 44.7 Å². The van der Waals surface area contributed by atoms with E-state index in [0.29, 0.717) is 18.0 Å². The van der Waals surface area contributed by atoms with Crippen LogP contribution < -0.4 is 10.6 Å². The molecule has 1 saturated heterocycles. The number of nitrogens with one attached hydrogen (secondary N) is 2. The fraction of sp³-hybridized carbons (Fsp3) is 0.550. The zero-order chi connectivity index (χ0) is 18.4. The minimum absolute atomic E-state index is 0.233. The third kappa shape index (κ3) is 4.54. The van der Waals surface area contributed by atoms with Gasteiger partial charge in [-0.25, -0.2) is 0 Å². The largest absolute Gasteiger partial charge is 0.352 e. The maximum Gasteiger partial charge on any atom is 0.225 e. The number of benzene rings is 1.